The van der Waals surface area contributed by atoms with Crippen LogP contribution in [0.1, 0.15) is 10.4 Å². The molecular formula is C29H20ClN3O3S. The van der Waals surface area contributed by atoms with E-state index in [1.807, 2.05) is 42.5 Å². The molecule has 5 rings (SSSR count). The van der Waals surface area contributed by atoms with Crippen LogP contribution in [0.2, 0.25) is 5.02 Å². The number of rotatable bonds is 7. The molecule has 4 aromatic carbocycles. The van der Waals surface area contributed by atoms with E-state index in [0.29, 0.717) is 32.5 Å². The van der Waals surface area contributed by atoms with Crippen LogP contribution >= 0.6 is 23.4 Å². The van der Waals surface area contributed by atoms with Gasteiger partial charge in [0.05, 0.1) is 5.69 Å². The summed E-state index contributed by atoms with van der Waals surface area (Å²) in [6, 6.07) is 31.8. The number of carbonyl (C=O) groups excluding carboxylic acids is 3. The van der Waals surface area contributed by atoms with Gasteiger partial charge in [0.25, 0.3) is 17.7 Å². The number of amides is 3. The SMILES string of the molecule is O=C(Nc1cccc(SC2=C(Nc3ccccc3)C(=O)N(c3ccccc3)C2=O)c1)c1cccc(Cl)c1. The summed E-state index contributed by atoms with van der Waals surface area (Å²) in [5.41, 5.74) is 2.35. The highest BCUT2D eigenvalue weighted by Crippen LogP contribution is 2.38. The van der Waals surface area contributed by atoms with E-state index in [-0.39, 0.29) is 16.5 Å². The Morgan fingerprint density at radius 2 is 1.41 bits per heavy atom. The largest absolute Gasteiger partial charge is 0.350 e. The van der Waals surface area contributed by atoms with E-state index >= 15 is 0 Å². The van der Waals surface area contributed by atoms with E-state index in [4.69, 9.17) is 11.6 Å². The fraction of sp³-hybridized carbons (Fsp3) is 0. The summed E-state index contributed by atoms with van der Waals surface area (Å²) >= 11 is 7.17. The van der Waals surface area contributed by atoms with Crippen molar-refractivity contribution in [2.24, 2.45) is 0 Å². The monoisotopic (exact) mass is 525 g/mol. The molecule has 0 spiro atoms. The zero-order valence-corrected chi connectivity index (χ0v) is 20.9. The van der Waals surface area contributed by atoms with E-state index in [0.717, 1.165) is 11.8 Å². The van der Waals surface area contributed by atoms with Gasteiger partial charge in [-0.3, -0.25) is 14.4 Å². The predicted molar refractivity (Wildman–Crippen MR) is 148 cm³/mol. The molecule has 0 aliphatic carbocycles. The minimum absolute atomic E-state index is 0.193. The second-order valence-electron chi connectivity index (χ2n) is 8.07. The number of imide groups is 1. The van der Waals surface area contributed by atoms with Gasteiger partial charge in [-0.2, -0.15) is 0 Å². The summed E-state index contributed by atoms with van der Waals surface area (Å²) in [6.07, 6.45) is 0. The van der Waals surface area contributed by atoms with Crippen molar-refractivity contribution in [2.75, 3.05) is 15.5 Å². The van der Waals surface area contributed by atoms with Crippen LogP contribution in [0.15, 0.2) is 125 Å². The molecule has 1 aliphatic rings. The molecule has 0 atom stereocenters. The highest BCUT2D eigenvalue weighted by molar-refractivity contribution is 8.04. The summed E-state index contributed by atoms with van der Waals surface area (Å²) in [5, 5.41) is 6.45. The topological polar surface area (TPSA) is 78.5 Å². The van der Waals surface area contributed by atoms with E-state index in [1.54, 1.807) is 66.7 Å². The molecule has 0 radical (unpaired) electrons. The first-order chi connectivity index (χ1) is 18.0. The van der Waals surface area contributed by atoms with E-state index in [9.17, 15) is 14.4 Å². The highest BCUT2D eigenvalue weighted by Gasteiger charge is 2.40. The standard InChI is InChI=1S/C29H20ClN3O3S/c30-20-10-7-9-19(17-20)27(34)32-22-13-8-16-24(18-22)37-26-25(31-21-11-3-1-4-12-21)28(35)33(29(26)36)23-14-5-2-6-15-23/h1-18,31H,(H,32,34). The van der Waals surface area contributed by atoms with Crippen molar-refractivity contribution in [1.82, 2.24) is 0 Å². The minimum atomic E-state index is -0.437. The number of thioether (sulfide) groups is 1. The lowest BCUT2D eigenvalue weighted by Gasteiger charge is -2.15. The first-order valence-electron chi connectivity index (χ1n) is 11.3. The number of hydrogen-bond acceptors (Lipinski definition) is 5. The van der Waals surface area contributed by atoms with Crippen LogP contribution in [0.3, 0.4) is 0 Å². The maximum Gasteiger partial charge on any atom is 0.283 e. The third-order valence-electron chi connectivity index (χ3n) is 5.50. The Kier molecular flexibility index (Phi) is 7.07. The van der Waals surface area contributed by atoms with Gasteiger partial charge in [-0.05, 0) is 60.7 Å². The Balaban J connectivity index is 1.44. The summed E-state index contributed by atoms with van der Waals surface area (Å²) < 4.78 is 0. The molecule has 37 heavy (non-hydrogen) atoms. The molecule has 1 aliphatic heterocycles. The van der Waals surface area contributed by atoms with E-state index < -0.39 is 11.8 Å². The van der Waals surface area contributed by atoms with Crippen molar-refractivity contribution in [1.29, 1.82) is 0 Å². The second-order valence-corrected chi connectivity index (χ2v) is 9.59. The van der Waals surface area contributed by atoms with Gasteiger partial charge in [-0.15, -0.1) is 0 Å². The minimum Gasteiger partial charge on any atom is -0.350 e. The number of nitrogens with zero attached hydrogens (tertiary/aromatic N) is 1. The van der Waals surface area contributed by atoms with Gasteiger partial charge in [0.15, 0.2) is 0 Å². The molecule has 6 nitrogen and oxygen atoms in total. The van der Waals surface area contributed by atoms with Crippen LogP contribution in [0, 0.1) is 0 Å². The van der Waals surface area contributed by atoms with Gasteiger partial charge >= 0.3 is 0 Å². The van der Waals surface area contributed by atoms with Crippen molar-refractivity contribution >= 4 is 58.1 Å². The number of nitrogens with one attached hydrogen (secondary N) is 2. The zero-order chi connectivity index (χ0) is 25.8. The first-order valence-corrected chi connectivity index (χ1v) is 12.5. The van der Waals surface area contributed by atoms with Gasteiger partial charge in [-0.1, -0.05) is 71.9 Å². The summed E-state index contributed by atoms with van der Waals surface area (Å²) in [6.45, 7) is 0. The quantitative estimate of drug-likeness (QED) is 0.266. The lowest BCUT2D eigenvalue weighted by Crippen LogP contribution is -2.32. The molecule has 0 aromatic heterocycles. The molecule has 0 unspecified atom stereocenters. The number of halogens is 1. The average molecular weight is 526 g/mol. The molecule has 0 saturated carbocycles. The third-order valence-corrected chi connectivity index (χ3v) is 6.81. The number of hydrogen-bond donors (Lipinski definition) is 2. The zero-order valence-electron chi connectivity index (χ0n) is 19.4. The van der Waals surface area contributed by atoms with Crippen molar-refractivity contribution in [3.8, 4) is 0 Å². The smallest absolute Gasteiger partial charge is 0.283 e. The molecule has 0 bridgehead atoms. The van der Waals surface area contributed by atoms with Crippen LogP contribution in [0.5, 0.6) is 0 Å². The highest BCUT2D eigenvalue weighted by atomic mass is 35.5. The number of benzene rings is 4. The van der Waals surface area contributed by atoms with Crippen LogP contribution < -0.4 is 15.5 Å². The number of para-hydroxylation sites is 2. The van der Waals surface area contributed by atoms with E-state index in [1.165, 1.54) is 4.90 Å². The van der Waals surface area contributed by atoms with Crippen molar-refractivity contribution in [3.05, 3.63) is 130 Å². The third kappa shape index (κ3) is 5.43. The lowest BCUT2D eigenvalue weighted by atomic mass is 10.2. The number of anilines is 3. The summed E-state index contributed by atoms with van der Waals surface area (Å²) in [7, 11) is 0. The maximum atomic E-state index is 13.5. The molecule has 182 valence electrons. The fourth-order valence-electron chi connectivity index (χ4n) is 3.78. The predicted octanol–water partition coefficient (Wildman–Crippen LogP) is 6.58. The number of carbonyl (C=O) groups is 3. The molecule has 4 aromatic rings. The van der Waals surface area contributed by atoms with Crippen molar-refractivity contribution in [2.45, 2.75) is 4.90 Å². The fourth-order valence-corrected chi connectivity index (χ4v) is 4.96. The van der Waals surface area contributed by atoms with Crippen LogP contribution in [-0.2, 0) is 9.59 Å². The molecule has 8 heteroatoms. The van der Waals surface area contributed by atoms with Gasteiger partial charge in [0.2, 0.25) is 0 Å². The molecule has 1 heterocycles. The molecule has 0 fully saturated rings. The molecular weight excluding hydrogens is 506 g/mol. The van der Waals surface area contributed by atoms with E-state index in [2.05, 4.69) is 10.6 Å². The van der Waals surface area contributed by atoms with Gasteiger partial charge in [-0.25, -0.2) is 4.90 Å². The van der Waals surface area contributed by atoms with Crippen molar-refractivity contribution < 1.29 is 14.4 Å². The Morgan fingerprint density at radius 1 is 0.730 bits per heavy atom. The summed E-state index contributed by atoms with van der Waals surface area (Å²) in [5.74, 6) is -1.17. The van der Waals surface area contributed by atoms with Crippen LogP contribution in [0.25, 0.3) is 0 Å². The van der Waals surface area contributed by atoms with Crippen molar-refractivity contribution in [3.63, 3.8) is 0 Å². The van der Waals surface area contributed by atoms with Gasteiger partial charge in [0.1, 0.15) is 10.6 Å². The molecule has 2 N–H and O–H groups in total. The van der Waals surface area contributed by atoms with Crippen LogP contribution in [0.4, 0.5) is 17.1 Å². The Bertz CT molecular complexity index is 1520. The molecule has 0 saturated heterocycles. The maximum absolute atomic E-state index is 13.5. The van der Waals surface area contributed by atoms with Gasteiger partial charge in [0, 0.05) is 26.9 Å². The lowest BCUT2D eigenvalue weighted by molar-refractivity contribution is -0.120. The molecule has 3 amide bonds. The Hall–Kier alpha value is -4.33. The van der Waals surface area contributed by atoms with Gasteiger partial charge < -0.3 is 10.6 Å². The second kappa shape index (κ2) is 10.7. The van der Waals surface area contributed by atoms with Crippen LogP contribution in [-0.4, -0.2) is 17.7 Å². The normalized spacial score (nSPS) is 13.2. The Labute approximate surface area is 223 Å². The first kappa shape index (κ1) is 24.4. The summed E-state index contributed by atoms with van der Waals surface area (Å²) in [4.78, 5) is 41.7. The Morgan fingerprint density at radius 3 is 2.14 bits per heavy atom. The average Bonchev–Trinajstić information content (AvgIpc) is 3.14.